The summed E-state index contributed by atoms with van der Waals surface area (Å²) < 4.78 is 15.1. The first-order chi connectivity index (χ1) is 13.0. The second-order valence-corrected chi connectivity index (χ2v) is 6.79. The van der Waals surface area contributed by atoms with Gasteiger partial charge in [-0.1, -0.05) is 18.2 Å². The summed E-state index contributed by atoms with van der Waals surface area (Å²) in [5.74, 6) is -0.360. The zero-order chi connectivity index (χ0) is 19.2. The molecular weight excluding hydrogens is 351 g/mol. The molecule has 27 heavy (non-hydrogen) atoms. The predicted octanol–water partition coefficient (Wildman–Crippen LogP) is 0.847. The van der Waals surface area contributed by atoms with E-state index in [-0.39, 0.29) is 30.7 Å². The van der Waals surface area contributed by atoms with Gasteiger partial charge in [0.05, 0.1) is 0 Å². The lowest BCUT2D eigenvalue weighted by molar-refractivity contribution is -0.122. The van der Waals surface area contributed by atoms with Gasteiger partial charge in [-0.25, -0.2) is 9.18 Å². The molecule has 1 fully saturated rings. The lowest BCUT2D eigenvalue weighted by atomic mass is 10.0. The van der Waals surface area contributed by atoms with Crippen molar-refractivity contribution < 1.29 is 9.18 Å². The van der Waals surface area contributed by atoms with Crippen LogP contribution in [0.2, 0.25) is 0 Å². The topological polar surface area (TPSA) is 87.2 Å². The highest BCUT2D eigenvalue weighted by atomic mass is 19.1. The number of aromatic amines is 1. The maximum Gasteiger partial charge on any atom is 0.328 e. The van der Waals surface area contributed by atoms with E-state index in [1.54, 1.807) is 12.1 Å². The second-order valence-electron chi connectivity index (χ2n) is 6.79. The molecule has 0 spiro atoms. The van der Waals surface area contributed by atoms with E-state index < -0.39 is 11.2 Å². The van der Waals surface area contributed by atoms with Crippen molar-refractivity contribution in [2.75, 3.05) is 13.1 Å². The Morgan fingerprint density at radius 2 is 2.07 bits per heavy atom. The van der Waals surface area contributed by atoms with E-state index in [4.69, 9.17) is 0 Å². The van der Waals surface area contributed by atoms with Crippen molar-refractivity contribution >= 4 is 5.91 Å². The molecule has 2 heterocycles. The van der Waals surface area contributed by atoms with E-state index in [0.717, 1.165) is 19.4 Å². The summed E-state index contributed by atoms with van der Waals surface area (Å²) >= 11 is 0. The Morgan fingerprint density at radius 1 is 1.26 bits per heavy atom. The highest BCUT2D eigenvalue weighted by Crippen LogP contribution is 2.15. The summed E-state index contributed by atoms with van der Waals surface area (Å²) in [4.78, 5) is 39.2. The minimum Gasteiger partial charge on any atom is -0.352 e. The van der Waals surface area contributed by atoms with Crippen molar-refractivity contribution in [3.05, 3.63) is 68.7 Å². The van der Waals surface area contributed by atoms with Gasteiger partial charge >= 0.3 is 5.69 Å². The third-order valence-corrected chi connectivity index (χ3v) is 4.70. The number of carbonyl (C=O) groups is 1. The summed E-state index contributed by atoms with van der Waals surface area (Å²) in [7, 11) is 0. The maximum absolute atomic E-state index is 13.8. The molecule has 0 bridgehead atoms. The second kappa shape index (κ2) is 8.77. The Balaban J connectivity index is 1.49. The number of carbonyl (C=O) groups excluding carboxylic acids is 1. The molecule has 1 aromatic heterocycles. The van der Waals surface area contributed by atoms with Crippen molar-refractivity contribution in [1.29, 1.82) is 0 Å². The molecule has 7 nitrogen and oxygen atoms in total. The van der Waals surface area contributed by atoms with Gasteiger partial charge < -0.3 is 9.88 Å². The van der Waals surface area contributed by atoms with Crippen LogP contribution >= 0.6 is 0 Å². The molecule has 0 saturated carbocycles. The first-order valence-corrected chi connectivity index (χ1v) is 9.06. The zero-order valence-electron chi connectivity index (χ0n) is 15.0. The van der Waals surface area contributed by atoms with Gasteiger partial charge in [-0.3, -0.25) is 19.5 Å². The number of benzene rings is 1. The number of nitrogens with zero attached hydrogens (tertiary/aromatic N) is 2. The molecule has 2 N–H and O–H groups in total. The Morgan fingerprint density at radius 3 is 2.85 bits per heavy atom. The van der Waals surface area contributed by atoms with E-state index in [0.29, 0.717) is 18.7 Å². The van der Waals surface area contributed by atoms with Crippen LogP contribution in [0, 0.1) is 5.82 Å². The Hall–Kier alpha value is -2.74. The number of hydrogen-bond acceptors (Lipinski definition) is 4. The summed E-state index contributed by atoms with van der Waals surface area (Å²) in [6, 6.07) is 7.98. The van der Waals surface area contributed by atoms with Crippen molar-refractivity contribution in [3.8, 4) is 0 Å². The fourth-order valence-electron chi connectivity index (χ4n) is 3.33. The van der Waals surface area contributed by atoms with Crippen molar-refractivity contribution in [2.24, 2.45) is 0 Å². The number of nitrogens with one attached hydrogen (secondary N) is 2. The van der Waals surface area contributed by atoms with Crippen molar-refractivity contribution in [2.45, 2.75) is 38.4 Å². The molecule has 1 aromatic carbocycles. The molecule has 1 saturated heterocycles. The van der Waals surface area contributed by atoms with Gasteiger partial charge in [0.15, 0.2) is 0 Å². The number of H-pyrrole nitrogens is 1. The SMILES string of the molecule is O=C(CCn1ccc(=O)[nH]c1=O)N[C@@H]1CCCN(Cc2ccccc2F)C1. The van der Waals surface area contributed by atoms with Gasteiger partial charge in [0.2, 0.25) is 5.91 Å². The van der Waals surface area contributed by atoms with E-state index in [1.165, 1.54) is 22.9 Å². The van der Waals surface area contributed by atoms with Crippen LogP contribution in [0.1, 0.15) is 24.8 Å². The number of amides is 1. The molecule has 3 rings (SSSR count). The van der Waals surface area contributed by atoms with Gasteiger partial charge in [0, 0.05) is 49.9 Å². The third-order valence-electron chi connectivity index (χ3n) is 4.70. The Kier molecular flexibility index (Phi) is 6.18. The molecule has 1 amide bonds. The lowest BCUT2D eigenvalue weighted by Gasteiger charge is -2.33. The highest BCUT2D eigenvalue weighted by molar-refractivity contribution is 5.76. The van der Waals surface area contributed by atoms with Crippen LogP contribution in [-0.2, 0) is 17.9 Å². The van der Waals surface area contributed by atoms with E-state index in [9.17, 15) is 18.8 Å². The molecule has 1 aliphatic heterocycles. The van der Waals surface area contributed by atoms with Crippen LogP contribution in [0.25, 0.3) is 0 Å². The highest BCUT2D eigenvalue weighted by Gasteiger charge is 2.22. The van der Waals surface area contributed by atoms with E-state index >= 15 is 0 Å². The average molecular weight is 374 g/mol. The third kappa shape index (κ3) is 5.37. The number of aryl methyl sites for hydroxylation is 1. The molecule has 0 unspecified atom stereocenters. The first-order valence-electron chi connectivity index (χ1n) is 9.06. The van der Waals surface area contributed by atoms with Crippen LogP contribution in [0.15, 0.2) is 46.1 Å². The van der Waals surface area contributed by atoms with Gasteiger partial charge in [-0.15, -0.1) is 0 Å². The van der Waals surface area contributed by atoms with Gasteiger partial charge in [0.1, 0.15) is 5.82 Å². The molecule has 0 radical (unpaired) electrons. The fraction of sp³-hybridized carbons (Fsp3) is 0.421. The fourth-order valence-corrected chi connectivity index (χ4v) is 3.33. The summed E-state index contributed by atoms with van der Waals surface area (Å²) in [6.07, 6.45) is 3.33. The Labute approximate surface area is 155 Å². The van der Waals surface area contributed by atoms with E-state index in [1.807, 2.05) is 6.07 Å². The largest absolute Gasteiger partial charge is 0.352 e. The molecule has 2 aromatic rings. The number of likely N-dealkylation sites (tertiary alicyclic amines) is 1. The average Bonchev–Trinajstić information content (AvgIpc) is 2.63. The summed E-state index contributed by atoms with van der Waals surface area (Å²) in [5, 5.41) is 2.99. The van der Waals surface area contributed by atoms with Crippen LogP contribution in [-0.4, -0.2) is 39.5 Å². The minimum atomic E-state index is -0.524. The maximum atomic E-state index is 13.8. The first kappa shape index (κ1) is 19.0. The lowest BCUT2D eigenvalue weighted by Crippen LogP contribution is -2.47. The molecule has 1 atom stereocenters. The quantitative estimate of drug-likeness (QED) is 0.785. The minimum absolute atomic E-state index is 0.00493. The molecule has 144 valence electrons. The van der Waals surface area contributed by atoms with Crippen LogP contribution < -0.4 is 16.6 Å². The predicted molar refractivity (Wildman–Crippen MR) is 98.8 cm³/mol. The standard InChI is InChI=1S/C19H23FN4O3/c20-16-6-2-1-4-14(16)12-23-9-3-5-15(13-23)21-17(25)7-10-24-11-8-18(26)22-19(24)27/h1-2,4,6,8,11,15H,3,5,7,9-10,12-13H2,(H,21,25)(H,22,26,27)/t15-/m1/s1. The number of aromatic nitrogens is 2. The van der Waals surface area contributed by atoms with E-state index in [2.05, 4.69) is 15.2 Å². The molecule has 1 aliphatic rings. The number of rotatable bonds is 6. The van der Waals surface area contributed by atoms with Gasteiger partial charge in [-0.05, 0) is 25.5 Å². The van der Waals surface area contributed by atoms with Gasteiger partial charge in [0.25, 0.3) is 5.56 Å². The van der Waals surface area contributed by atoms with Crippen LogP contribution in [0.5, 0.6) is 0 Å². The van der Waals surface area contributed by atoms with Gasteiger partial charge in [-0.2, -0.15) is 0 Å². The van der Waals surface area contributed by atoms with Crippen molar-refractivity contribution in [3.63, 3.8) is 0 Å². The monoisotopic (exact) mass is 374 g/mol. The molecule has 8 heteroatoms. The van der Waals surface area contributed by atoms with Crippen molar-refractivity contribution in [1.82, 2.24) is 19.8 Å². The number of hydrogen-bond donors (Lipinski definition) is 2. The molecule has 0 aliphatic carbocycles. The smallest absolute Gasteiger partial charge is 0.328 e. The normalized spacial score (nSPS) is 17.6. The molecular formula is C19H23FN4O3. The zero-order valence-corrected chi connectivity index (χ0v) is 15.0. The Bertz CT molecular complexity index is 908. The number of halogens is 1. The summed E-state index contributed by atoms with van der Waals surface area (Å²) in [6.45, 7) is 2.26. The number of piperidine rings is 1. The van der Waals surface area contributed by atoms with Crippen LogP contribution in [0.3, 0.4) is 0 Å². The van der Waals surface area contributed by atoms with Crippen LogP contribution in [0.4, 0.5) is 4.39 Å². The summed E-state index contributed by atoms with van der Waals surface area (Å²) in [5.41, 5.74) is -0.330.